The van der Waals surface area contributed by atoms with Gasteiger partial charge in [-0.1, -0.05) is 146 Å². The third-order valence-electron chi connectivity index (χ3n) is 9.63. The van der Waals surface area contributed by atoms with E-state index < -0.39 is 0 Å². The number of hydrogen-bond donors (Lipinski definition) is 0. The zero-order valence-electron chi connectivity index (χ0n) is 27.0. The first-order chi connectivity index (χ1) is 24.8. The summed E-state index contributed by atoms with van der Waals surface area (Å²) in [4.78, 5) is 10.1. The zero-order chi connectivity index (χ0) is 33.0. The van der Waals surface area contributed by atoms with Crippen molar-refractivity contribution in [2.75, 3.05) is 0 Å². The second-order valence-corrected chi connectivity index (χ2v) is 12.6. The maximum atomic E-state index is 6.48. The molecule has 3 aromatic heterocycles. The van der Waals surface area contributed by atoms with E-state index in [1.165, 1.54) is 32.9 Å². The highest BCUT2D eigenvalue weighted by Crippen LogP contribution is 2.40. The van der Waals surface area contributed by atoms with Gasteiger partial charge < -0.3 is 8.98 Å². The lowest BCUT2D eigenvalue weighted by Crippen LogP contribution is -1.95. The Morgan fingerprint density at radius 3 is 1.86 bits per heavy atom. The Hall–Kier alpha value is -6.78. The van der Waals surface area contributed by atoms with Crippen molar-refractivity contribution in [3.8, 4) is 50.6 Å². The Morgan fingerprint density at radius 1 is 0.440 bits per heavy atom. The molecule has 4 heteroatoms. The minimum absolute atomic E-state index is 0.677. The summed E-state index contributed by atoms with van der Waals surface area (Å²) in [7, 11) is 0. The summed E-state index contributed by atoms with van der Waals surface area (Å²) in [5, 5.41) is 3.46. The van der Waals surface area contributed by atoms with Crippen LogP contribution in [0.3, 0.4) is 0 Å². The second-order valence-electron chi connectivity index (χ2n) is 12.6. The fraction of sp³-hybridized carbons (Fsp3) is 0. The van der Waals surface area contributed by atoms with E-state index in [-0.39, 0.29) is 0 Å². The van der Waals surface area contributed by atoms with Gasteiger partial charge in [-0.2, -0.15) is 0 Å². The molecule has 0 aliphatic heterocycles. The van der Waals surface area contributed by atoms with Crippen LogP contribution in [-0.2, 0) is 0 Å². The highest BCUT2D eigenvalue weighted by Gasteiger charge is 2.19. The molecule has 0 bridgehead atoms. The van der Waals surface area contributed by atoms with Gasteiger partial charge in [-0.25, -0.2) is 9.97 Å². The Labute approximate surface area is 288 Å². The number of hydrogen-bond acceptors (Lipinski definition) is 3. The molecule has 0 atom stereocenters. The molecule has 0 unspecified atom stereocenters. The fourth-order valence-electron chi connectivity index (χ4n) is 7.27. The summed E-state index contributed by atoms with van der Waals surface area (Å²) in [5.74, 6) is 0.677. The zero-order valence-corrected chi connectivity index (χ0v) is 27.0. The summed E-state index contributed by atoms with van der Waals surface area (Å²) in [6, 6.07) is 61.5. The molecule has 0 saturated heterocycles. The minimum Gasteiger partial charge on any atom is -0.452 e. The first-order valence-corrected chi connectivity index (χ1v) is 16.8. The molecular weight excluding hydrogens is 611 g/mol. The highest BCUT2D eigenvalue weighted by atomic mass is 16.3. The lowest BCUT2D eigenvalue weighted by Gasteiger charge is -2.12. The molecule has 234 valence electrons. The SMILES string of the molecule is c1ccc(-c2nc(-c3ccccc3)c3oc4ccc(-c5ccc(-c6cccc7c8ccccc8n(-c8ccccc8)c67)cc5)cc4c3n2)cc1. The van der Waals surface area contributed by atoms with Gasteiger partial charge in [0.25, 0.3) is 0 Å². The van der Waals surface area contributed by atoms with Gasteiger partial charge in [0, 0.05) is 38.5 Å². The van der Waals surface area contributed by atoms with Crippen molar-refractivity contribution in [3.05, 3.63) is 176 Å². The van der Waals surface area contributed by atoms with E-state index in [2.05, 4.69) is 132 Å². The molecule has 4 nitrogen and oxygen atoms in total. The topological polar surface area (TPSA) is 43.9 Å². The van der Waals surface area contributed by atoms with Crippen molar-refractivity contribution in [2.45, 2.75) is 0 Å². The second kappa shape index (κ2) is 11.4. The predicted octanol–water partition coefficient (Wildman–Crippen LogP) is 12.1. The monoisotopic (exact) mass is 639 g/mol. The summed E-state index contributed by atoms with van der Waals surface area (Å²) in [5.41, 5.74) is 13.2. The molecule has 7 aromatic carbocycles. The number of furan rings is 1. The molecule has 10 aromatic rings. The van der Waals surface area contributed by atoms with Gasteiger partial charge in [0.15, 0.2) is 11.4 Å². The van der Waals surface area contributed by atoms with Crippen LogP contribution in [0.2, 0.25) is 0 Å². The number of aromatic nitrogens is 3. The van der Waals surface area contributed by atoms with Crippen LogP contribution in [0.4, 0.5) is 0 Å². The lowest BCUT2D eigenvalue weighted by atomic mass is 9.98. The molecule has 0 aliphatic carbocycles. The third-order valence-corrected chi connectivity index (χ3v) is 9.63. The van der Waals surface area contributed by atoms with E-state index in [0.29, 0.717) is 11.4 Å². The van der Waals surface area contributed by atoms with E-state index >= 15 is 0 Å². The van der Waals surface area contributed by atoms with Crippen LogP contribution in [0, 0.1) is 0 Å². The predicted molar refractivity (Wildman–Crippen MR) is 205 cm³/mol. The molecule has 50 heavy (non-hydrogen) atoms. The van der Waals surface area contributed by atoms with Crippen LogP contribution in [0.1, 0.15) is 0 Å². The molecule has 0 spiro atoms. The van der Waals surface area contributed by atoms with Gasteiger partial charge in [-0.15, -0.1) is 0 Å². The maximum Gasteiger partial charge on any atom is 0.180 e. The Balaban J connectivity index is 1.11. The number of para-hydroxylation sites is 3. The van der Waals surface area contributed by atoms with E-state index in [1.54, 1.807) is 0 Å². The number of nitrogens with zero attached hydrogens (tertiary/aromatic N) is 3. The maximum absolute atomic E-state index is 6.48. The van der Waals surface area contributed by atoms with Gasteiger partial charge in [-0.3, -0.25) is 0 Å². The van der Waals surface area contributed by atoms with E-state index in [0.717, 1.165) is 50.1 Å². The summed E-state index contributed by atoms with van der Waals surface area (Å²) in [6.45, 7) is 0. The molecule has 0 aliphatic rings. The Morgan fingerprint density at radius 2 is 1.08 bits per heavy atom. The van der Waals surface area contributed by atoms with Crippen molar-refractivity contribution < 1.29 is 4.42 Å². The van der Waals surface area contributed by atoms with Crippen molar-refractivity contribution >= 4 is 43.9 Å². The van der Waals surface area contributed by atoms with Crippen molar-refractivity contribution in [1.82, 2.24) is 14.5 Å². The molecule has 0 N–H and O–H groups in total. The smallest absolute Gasteiger partial charge is 0.180 e. The first-order valence-electron chi connectivity index (χ1n) is 16.8. The average Bonchev–Trinajstić information content (AvgIpc) is 3.74. The number of fused-ring (bicyclic) bond motifs is 6. The Kier molecular flexibility index (Phi) is 6.46. The van der Waals surface area contributed by atoms with Gasteiger partial charge in [0.1, 0.15) is 16.8 Å². The van der Waals surface area contributed by atoms with Crippen LogP contribution in [0.15, 0.2) is 180 Å². The van der Waals surface area contributed by atoms with Crippen LogP contribution < -0.4 is 0 Å². The standard InChI is InChI=1S/C46H29N3O/c1-4-13-32(14-5-1)42-45-43(48-46(47-42)33-15-6-2-7-16-33)39-29-34(27-28-41(39)50-45)30-23-25-31(26-24-30)36-20-12-21-38-37-19-10-11-22-40(37)49(44(36)38)35-17-8-3-9-18-35/h1-29H. The van der Waals surface area contributed by atoms with E-state index in [4.69, 9.17) is 14.4 Å². The van der Waals surface area contributed by atoms with Gasteiger partial charge >= 0.3 is 0 Å². The van der Waals surface area contributed by atoms with Gasteiger partial charge in [-0.05, 0) is 47.0 Å². The molecule has 0 amide bonds. The number of benzene rings is 7. The number of rotatable bonds is 5. The highest BCUT2D eigenvalue weighted by molar-refractivity contribution is 6.14. The molecule has 0 radical (unpaired) electrons. The lowest BCUT2D eigenvalue weighted by molar-refractivity contribution is 0.667. The average molecular weight is 640 g/mol. The molecule has 3 heterocycles. The molecule has 0 fully saturated rings. The van der Waals surface area contributed by atoms with E-state index in [1.807, 2.05) is 48.5 Å². The Bertz CT molecular complexity index is 2840. The van der Waals surface area contributed by atoms with E-state index in [9.17, 15) is 0 Å². The van der Waals surface area contributed by atoms with Crippen molar-refractivity contribution in [2.24, 2.45) is 0 Å². The van der Waals surface area contributed by atoms with Crippen LogP contribution in [-0.4, -0.2) is 14.5 Å². The summed E-state index contributed by atoms with van der Waals surface area (Å²) in [6.07, 6.45) is 0. The van der Waals surface area contributed by atoms with Crippen LogP contribution >= 0.6 is 0 Å². The van der Waals surface area contributed by atoms with Gasteiger partial charge in [0.2, 0.25) is 0 Å². The van der Waals surface area contributed by atoms with Crippen molar-refractivity contribution in [3.63, 3.8) is 0 Å². The molecule has 0 saturated carbocycles. The fourth-order valence-corrected chi connectivity index (χ4v) is 7.27. The molecular formula is C46H29N3O. The summed E-state index contributed by atoms with van der Waals surface area (Å²) >= 11 is 0. The minimum atomic E-state index is 0.677. The first kappa shape index (κ1) is 28.3. The summed E-state index contributed by atoms with van der Waals surface area (Å²) < 4.78 is 8.87. The molecule has 10 rings (SSSR count). The normalized spacial score (nSPS) is 11.6. The largest absolute Gasteiger partial charge is 0.452 e. The van der Waals surface area contributed by atoms with Gasteiger partial charge in [0.05, 0.1) is 11.0 Å². The van der Waals surface area contributed by atoms with Crippen LogP contribution in [0.5, 0.6) is 0 Å². The van der Waals surface area contributed by atoms with Crippen LogP contribution in [0.25, 0.3) is 94.5 Å². The quantitative estimate of drug-likeness (QED) is 0.188. The third kappa shape index (κ3) is 4.54. The van der Waals surface area contributed by atoms with Crippen molar-refractivity contribution in [1.29, 1.82) is 0 Å².